The van der Waals surface area contributed by atoms with Gasteiger partial charge in [-0.2, -0.15) is 23.5 Å². The standard InChI is InChI=1S/C25H19F3N4O2/c1-32-22-17-10-3-6-13-5-2-9-16(19(13)17)20(22)21(31-32)23(33)18(12-29)24(34)30-15-8-4-7-14(11-15)25(26,27)28/h3-4,6-8,10-11,16,18H,2,5,9H2,1H3,(H,30,34). The van der Waals surface area contributed by atoms with Crippen LogP contribution in [-0.2, 0) is 24.4 Å². The number of carbonyl (C=O) groups is 2. The molecule has 2 aliphatic rings. The number of nitrogens with one attached hydrogen (secondary N) is 1. The van der Waals surface area contributed by atoms with Gasteiger partial charge in [0.05, 0.1) is 17.3 Å². The molecule has 1 aromatic heterocycles. The average Bonchev–Trinajstić information content (AvgIpc) is 3.32. The topological polar surface area (TPSA) is 87.8 Å². The van der Waals surface area contributed by atoms with Crippen molar-refractivity contribution in [1.82, 2.24) is 9.78 Å². The number of ketones is 1. The van der Waals surface area contributed by atoms with Gasteiger partial charge >= 0.3 is 6.18 Å². The molecule has 2 aromatic carbocycles. The first-order valence-corrected chi connectivity index (χ1v) is 10.8. The molecule has 9 heteroatoms. The molecule has 34 heavy (non-hydrogen) atoms. The van der Waals surface area contributed by atoms with E-state index in [0.717, 1.165) is 54.3 Å². The van der Waals surface area contributed by atoms with E-state index >= 15 is 0 Å². The Morgan fingerprint density at radius 2 is 1.97 bits per heavy atom. The summed E-state index contributed by atoms with van der Waals surface area (Å²) in [5, 5.41) is 16.3. The number of benzene rings is 2. The van der Waals surface area contributed by atoms with Crippen LogP contribution in [-0.4, -0.2) is 21.5 Å². The first-order valence-electron chi connectivity index (χ1n) is 10.8. The van der Waals surface area contributed by atoms with Crippen LogP contribution in [0.5, 0.6) is 0 Å². The van der Waals surface area contributed by atoms with Crippen LogP contribution >= 0.6 is 0 Å². The summed E-state index contributed by atoms with van der Waals surface area (Å²) < 4.78 is 40.6. The van der Waals surface area contributed by atoms with Gasteiger partial charge in [-0.1, -0.05) is 24.3 Å². The van der Waals surface area contributed by atoms with Crippen LogP contribution < -0.4 is 5.32 Å². The minimum Gasteiger partial charge on any atom is -0.325 e. The molecular weight excluding hydrogens is 445 g/mol. The summed E-state index contributed by atoms with van der Waals surface area (Å²) in [4.78, 5) is 26.2. The normalized spacial score (nSPS) is 16.9. The lowest BCUT2D eigenvalue weighted by atomic mass is 9.81. The van der Waals surface area contributed by atoms with Crippen molar-refractivity contribution in [3.05, 3.63) is 70.4 Å². The van der Waals surface area contributed by atoms with E-state index in [0.29, 0.717) is 0 Å². The van der Waals surface area contributed by atoms with Gasteiger partial charge in [-0.3, -0.25) is 14.3 Å². The van der Waals surface area contributed by atoms with Gasteiger partial charge < -0.3 is 5.32 Å². The summed E-state index contributed by atoms with van der Waals surface area (Å²) in [6.07, 6.45) is -1.87. The first kappa shape index (κ1) is 21.9. The summed E-state index contributed by atoms with van der Waals surface area (Å²) >= 11 is 0. The van der Waals surface area contributed by atoms with Crippen molar-refractivity contribution in [3.8, 4) is 17.3 Å². The van der Waals surface area contributed by atoms with Crippen LogP contribution in [0.1, 0.15) is 51.5 Å². The number of alkyl halides is 3. The molecule has 0 bridgehead atoms. The van der Waals surface area contributed by atoms with Crippen LogP contribution in [0.25, 0.3) is 11.3 Å². The number of amides is 1. The van der Waals surface area contributed by atoms with E-state index in [1.54, 1.807) is 17.8 Å². The Kier molecular flexibility index (Phi) is 5.04. The Labute approximate surface area is 193 Å². The van der Waals surface area contributed by atoms with Gasteiger partial charge in [0.15, 0.2) is 5.92 Å². The Bertz CT molecular complexity index is 1380. The Morgan fingerprint density at radius 3 is 2.71 bits per heavy atom. The van der Waals surface area contributed by atoms with Crippen LogP contribution in [0.3, 0.4) is 0 Å². The number of carbonyl (C=O) groups excluding carboxylic acids is 2. The number of hydrogen-bond acceptors (Lipinski definition) is 4. The second kappa shape index (κ2) is 7.83. The highest BCUT2D eigenvalue weighted by molar-refractivity contribution is 6.16. The lowest BCUT2D eigenvalue weighted by molar-refractivity contribution is -0.137. The van der Waals surface area contributed by atoms with Gasteiger partial charge in [0.2, 0.25) is 11.7 Å². The van der Waals surface area contributed by atoms with Gasteiger partial charge in [-0.15, -0.1) is 0 Å². The van der Waals surface area contributed by atoms with Crippen molar-refractivity contribution >= 4 is 17.4 Å². The third-order valence-electron chi connectivity index (χ3n) is 6.52. The molecule has 172 valence electrons. The molecule has 1 amide bonds. The molecule has 1 heterocycles. The average molecular weight is 464 g/mol. The number of rotatable bonds is 4. The predicted molar refractivity (Wildman–Crippen MR) is 117 cm³/mol. The SMILES string of the molecule is Cn1nc(C(=O)C(C#N)C(=O)Nc2cccc(C(F)(F)F)c2)c2c1-c1cccc3c1C2CCC3. The van der Waals surface area contributed by atoms with Gasteiger partial charge in [0, 0.05) is 29.8 Å². The largest absolute Gasteiger partial charge is 0.416 e. The van der Waals surface area contributed by atoms with E-state index in [4.69, 9.17) is 0 Å². The molecule has 6 nitrogen and oxygen atoms in total. The molecule has 0 radical (unpaired) electrons. The smallest absolute Gasteiger partial charge is 0.325 e. The number of anilines is 1. The molecule has 0 saturated carbocycles. The molecule has 1 N–H and O–H groups in total. The zero-order valence-electron chi connectivity index (χ0n) is 18.1. The lowest BCUT2D eigenvalue weighted by Gasteiger charge is -2.22. The summed E-state index contributed by atoms with van der Waals surface area (Å²) in [5.74, 6) is -3.54. The number of aromatic nitrogens is 2. The van der Waals surface area contributed by atoms with E-state index in [-0.39, 0.29) is 17.3 Å². The summed E-state index contributed by atoms with van der Waals surface area (Å²) in [7, 11) is 1.72. The monoisotopic (exact) mass is 464 g/mol. The highest BCUT2D eigenvalue weighted by Crippen LogP contribution is 2.52. The van der Waals surface area contributed by atoms with Crippen LogP contribution in [0, 0.1) is 17.2 Å². The molecule has 0 saturated heterocycles. The van der Waals surface area contributed by atoms with Crippen molar-refractivity contribution in [2.75, 3.05) is 5.32 Å². The molecular formula is C25H19F3N4O2. The number of Topliss-reactive ketones (excluding diaryl/α,β-unsaturated/α-hetero) is 1. The Balaban J connectivity index is 1.47. The highest BCUT2D eigenvalue weighted by atomic mass is 19.4. The Morgan fingerprint density at radius 1 is 1.21 bits per heavy atom. The molecule has 0 spiro atoms. The number of fused-ring (bicyclic) bond motifs is 3. The van der Waals surface area contributed by atoms with E-state index < -0.39 is 29.3 Å². The maximum Gasteiger partial charge on any atom is 0.416 e. The van der Waals surface area contributed by atoms with Crippen molar-refractivity contribution in [2.45, 2.75) is 31.4 Å². The van der Waals surface area contributed by atoms with Gasteiger partial charge in [-0.25, -0.2) is 0 Å². The molecule has 5 rings (SSSR count). The molecule has 0 fully saturated rings. The molecule has 2 aliphatic carbocycles. The maximum absolute atomic E-state index is 13.4. The summed E-state index contributed by atoms with van der Waals surface area (Å²) in [6, 6.07) is 11.8. The van der Waals surface area contributed by atoms with Crippen molar-refractivity contribution in [3.63, 3.8) is 0 Å². The lowest BCUT2D eigenvalue weighted by Crippen LogP contribution is -2.30. The summed E-state index contributed by atoms with van der Waals surface area (Å²) in [6.45, 7) is 0. The second-order valence-corrected chi connectivity index (χ2v) is 8.55. The molecule has 0 aliphatic heterocycles. The number of halogens is 3. The highest BCUT2D eigenvalue weighted by Gasteiger charge is 2.42. The van der Waals surface area contributed by atoms with Crippen molar-refractivity contribution in [2.24, 2.45) is 13.0 Å². The van der Waals surface area contributed by atoms with Gasteiger partial charge in [-0.05, 0) is 48.6 Å². The quantitative estimate of drug-likeness (QED) is 0.442. The van der Waals surface area contributed by atoms with E-state index in [1.807, 2.05) is 12.1 Å². The van der Waals surface area contributed by atoms with Crippen molar-refractivity contribution < 1.29 is 22.8 Å². The minimum absolute atomic E-state index is 0.0338. The fraction of sp³-hybridized carbons (Fsp3) is 0.280. The fourth-order valence-electron chi connectivity index (χ4n) is 5.11. The number of nitriles is 1. The van der Waals surface area contributed by atoms with Crippen LogP contribution in [0.4, 0.5) is 18.9 Å². The van der Waals surface area contributed by atoms with Gasteiger partial charge in [0.25, 0.3) is 0 Å². The third-order valence-corrected chi connectivity index (χ3v) is 6.52. The summed E-state index contributed by atoms with van der Waals surface area (Å²) in [5.41, 5.74) is 3.91. The predicted octanol–water partition coefficient (Wildman–Crippen LogP) is 4.85. The van der Waals surface area contributed by atoms with Crippen molar-refractivity contribution in [1.29, 1.82) is 5.26 Å². The number of nitrogens with zero attached hydrogens (tertiary/aromatic N) is 3. The Hall–Kier alpha value is -3.93. The minimum atomic E-state index is -4.59. The zero-order valence-corrected chi connectivity index (χ0v) is 18.1. The number of aryl methyl sites for hydroxylation is 2. The molecule has 3 aromatic rings. The van der Waals surface area contributed by atoms with E-state index in [9.17, 15) is 28.0 Å². The number of hydrogen-bond donors (Lipinski definition) is 1. The molecule has 2 atom stereocenters. The second-order valence-electron chi connectivity index (χ2n) is 8.55. The maximum atomic E-state index is 13.4. The zero-order chi connectivity index (χ0) is 24.2. The third kappa shape index (κ3) is 3.37. The molecule has 2 unspecified atom stereocenters. The fourth-order valence-corrected chi connectivity index (χ4v) is 5.11. The van der Waals surface area contributed by atoms with Crippen LogP contribution in [0.2, 0.25) is 0 Å². The van der Waals surface area contributed by atoms with E-state index in [2.05, 4.69) is 16.5 Å². The van der Waals surface area contributed by atoms with E-state index in [1.165, 1.54) is 17.2 Å². The van der Waals surface area contributed by atoms with Gasteiger partial charge in [0.1, 0.15) is 5.69 Å². The first-order chi connectivity index (χ1) is 16.2. The van der Waals surface area contributed by atoms with Crippen LogP contribution in [0.15, 0.2) is 42.5 Å².